The van der Waals surface area contributed by atoms with E-state index in [2.05, 4.69) is 28.4 Å². The number of hydrogen-bond donors (Lipinski definition) is 1. The highest BCUT2D eigenvalue weighted by molar-refractivity contribution is 5.59. The van der Waals surface area contributed by atoms with E-state index in [0.29, 0.717) is 5.92 Å². The Bertz CT molecular complexity index is 497. The molecule has 0 unspecified atom stereocenters. The summed E-state index contributed by atoms with van der Waals surface area (Å²) in [5.74, 6) is 0.663. The maximum Gasteiger partial charge on any atom is 0.136 e. The fourth-order valence-corrected chi connectivity index (χ4v) is 2.60. The van der Waals surface area contributed by atoms with Crippen LogP contribution >= 0.6 is 0 Å². The van der Waals surface area contributed by atoms with E-state index in [1.807, 2.05) is 10.7 Å². The van der Waals surface area contributed by atoms with Crippen molar-refractivity contribution in [1.29, 1.82) is 0 Å². The van der Waals surface area contributed by atoms with Crippen molar-refractivity contribution in [3.63, 3.8) is 0 Å². The number of fused-ring (bicyclic) bond motifs is 1. The van der Waals surface area contributed by atoms with Gasteiger partial charge < -0.3 is 5.32 Å². The summed E-state index contributed by atoms with van der Waals surface area (Å²) in [4.78, 5) is 4.29. The Morgan fingerprint density at radius 3 is 3.00 bits per heavy atom. The second kappa shape index (κ2) is 3.87. The van der Waals surface area contributed by atoms with Gasteiger partial charge in [0.15, 0.2) is 0 Å². The van der Waals surface area contributed by atoms with Crippen LogP contribution in [-0.2, 0) is 0 Å². The van der Waals surface area contributed by atoms with Gasteiger partial charge in [0.1, 0.15) is 6.33 Å². The fourth-order valence-electron chi connectivity index (χ4n) is 2.60. The monoisotopic (exact) mass is 216 g/mol. The van der Waals surface area contributed by atoms with Gasteiger partial charge in [-0.05, 0) is 50.4 Å². The summed E-state index contributed by atoms with van der Waals surface area (Å²) in [6.07, 6.45) is 6.10. The molecule has 2 aromatic heterocycles. The Morgan fingerprint density at radius 1 is 1.38 bits per heavy atom. The zero-order valence-corrected chi connectivity index (χ0v) is 9.48. The van der Waals surface area contributed by atoms with Crippen molar-refractivity contribution >= 4 is 5.52 Å². The minimum absolute atomic E-state index is 0.663. The van der Waals surface area contributed by atoms with Crippen LogP contribution < -0.4 is 5.32 Å². The molecule has 0 aliphatic carbocycles. The van der Waals surface area contributed by atoms with Crippen molar-refractivity contribution in [2.24, 2.45) is 0 Å². The molecule has 4 nitrogen and oxygen atoms in total. The molecule has 84 valence electrons. The lowest BCUT2D eigenvalue weighted by Crippen LogP contribution is -2.26. The van der Waals surface area contributed by atoms with E-state index < -0.39 is 0 Å². The van der Waals surface area contributed by atoms with Gasteiger partial charge >= 0.3 is 0 Å². The molecule has 3 heterocycles. The summed E-state index contributed by atoms with van der Waals surface area (Å²) in [7, 11) is 0. The molecule has 3 rings (SSSR count). The first-order valence-corrected chi connectivity index (χ1v) is 5.86. The Labute approximate surface area is 94.7 Å². The van der Waals surface area contributed by atoms with Crippen LogP contribution in [-0.4, -0.2) is 27.7 Å². The predicted octanol–water partition coefficient (Wildman–Crippen LogP) is 1.50. The Hall–Kier alpha value is -1.42. The molecule has 0 spiro atoms. The highest BCUT2D eigenvalue weighted by Crippen LogP contribution is 2.29. The van der Waals surface area contributed by atoms with E-state index in [9.17, 15) is 0 Å². The van der Waals surface area contributed by atoms with E-state index in [1.165, 1.54) is 23.9 Å². The number of piperidine rings is 1. The van der Waals surface area contributed by atoms with Gasteiger partial charge in [-0.2, -0.15) is 5.10 Å². The summed E-state index contributed by atoms with van der Waals surface area (Å²) in [5.41, 5.74) is 3.70. The van der Waals surface area contributed by atoms with Gasteiger partial charge in [-0.15, -0.1) is 0 Å². The van der Waals surface area contributed by atoms with Crippen LogP contribution in [0.3, 0.4) is 0 Å². The van der Waals surface area contributed by atoms with Crippen molar-refractivity contribution in [2.45, 2.75) is 25.7 Å². The maximum absolute atomic E-state index is 4.29. The fraction of sp³-hybridized carbons (Fsp3) is 0.500. The van der Waals surface area contributed by atoms with Gasteiger partial charge in [0, 0.05) is 6.20 Å². The molecule has 16 heavy (non-hydrogen) atoms. The molecule has 0 aromatic carbocycles. The predicted molar refractivity (Wildman–Crippen MR) is 62.6 cm³/mol. The number of nitrogens with zero attached hydrogens (tertiary/aromatic N) is 3. The summed E-state index contributed by atoms with van der Waals surface area (Å²) in [6.45, 7) is 4.30. The molecule has 1 N–H and O–H groups in total. The number of aryl methyl sites for hydroxylation is 1. The minimum atomic E-state index is 0.663. The minimum Gasteiger partial charge on any atom is -0.317 e. The second-order valence-corrected chi connectivity index (χ2v) is 4.43. The normalized spacial score (nSPS) is 18.1. The maximum atomic E-state index is 4.29. The number of nitrogens with one attached hydrogen (secondary N) is 1. The van der Waals surface area contributed by atoms with E-state index in [0.717, 1.165) is 18.8 Å². The Morgan fingerprint density at radius 2 is 2.19 bits per heavy atom. The first-order valence-electron chi connectivity index (χ1n) is 5.86. The van der Waals surface area contributed by atoms with Gasteiger partial charge in [0.2, 0.25) is 0 Å². The van der Waals surface area contributed by atoms with Crippen molar-refractivity contribution in [3.8, 4) is 0 Å². The van der Waals surface area contributed by atoms with E-state index >= 15 is 0 Å². The molecule has 0 amide bonds. The first kappa shape index (κ1) is 9.78. The SMILES string of the molecule is Cc1ncnn2ccc(C3CCNCC3)c12. The molecule has 4 heteroatoms. The van der Waals surface area contributed by atoms with Crippen molar-refractivity contribution in [3.05, 3.63) is 29.8 Å². The molecule has 1 fully saturated rings. The van der Waals surface area contributed by atoms with Gasteiger partial charge in [0.05, 0.1) is 11.2 Å². The molecule has 2 aromatic rings. The standard InChI is InChI=1S/C12H16N4/c1-9-12-11(10-2-5-13-6-3-10)4-7-16(12)15-8-14-9/h4,7-8,10,13H,2-3,5-6H2,1H3. The molecule has 1 aliphatic rings. The van der Waals surface area contributed by atoms with Crippen LogP contribution in [0.4, 0.5) is 0 Å². The molecule has 0 bridgehead atoms. The molecular weight excluding hydrogens is 200 g/mol. The Balaban J connectivity index is 2.09. The summed E-state index contributed by atoms with van der Waals surface area (Å²) in [5, 5.41) is 7.65. The summed E-state index contributed by atoms with van der Waals surface area (Å²) < 4.78 is 1.94. The molecule has 0 radical (unpaired) electrons. The van der Waals surface area contributed by atoms with Gasteiger partial charge in [-0.25, -0.2) is 9.50 Å². The van der Waals surface area contributed by atoms with E-state index in [-0.39, 0.29) is 0 Å². The quantitative estimate of drug-likeness (QED) is 0.785. The zero-order valence-electron chi connectivity index (χ0n) is 9.48. The van der Waals surface area contributed by atoms with E-state index in [4.69, 9.17) is 0 Å². The largest absolute Gasteiger partial charge is 0.317 e. The van der Waals surface area contributed by atoms with Crippen molar-refractivity contribution in [1.82, 2.24) is 19.9 Å². The van der Waals surface area contributed by atoms with Gasteiger partial charge in [-0.1, -0.05) is 0 Å². The molecule has 0 saturated carbocycles. The van der Waals surface area contributed by atoms with Crippen molar-refractivity contribution in [2.75, 3.05) is 13.1 Å². The number of rotatable bonds is 1. The lowest BCUT2D eigenvalue weighted by Gasteiger charge is -2.22. The summed E-state index contributed by atoms with van der Waals surface area (Å²) >= 11 is 0. The van der Waals surface area contributed by atoms with Crippen LogP contribution in [0.1, 0.15) is 30.0 Å². The molecule has 1 saturated heterocycles. The topological polar surface area (TPSA) is 42.2 Å². The third kappa shape index (κ3) is 1.50. The third-order valence-corrected chi connectivity index (χ3v) is 3.45. The van der Waals surface area contributed by atoms with Crippen LogP contribution in [0.25, 0.3) is 5.52 Å². The number of aromatic nitrogens is 3. The third-order valence-electron chi connectivity index (χ3n) is 3.45. The van der Waals surface area contributed by atoms with Crippen LogP contribution in [0, 0.1) is 6.92 Å². The average molecular weight is 216 g/mol. The molecule has 1 aliphatic heterocycles. The first-order chi connectivity index (χ1) is 7.86. The smallest absolute Gasteiger partial charge is 0.136 e. The Kier molecular flexibility index (Phi) is 2.36. The van der Waals surface area contributed by atoms with Crippen molar-refractivity contribution < 1.29 is 0 Å². The summed E-state index contributed by atoms with van der Waals surface area (Å²) in [6, 6.07) is 2.20. The van der Waals surface area contributed by atoms with Gasteiger partial charge in [0.25, 0.3) is 0 Å². The molecular formula is C12H16N4. The molecule has 0 atom stereocenters. The highest BCUT2D eigenvalue weighted by atomic mass is 15.2. The lowest BCUT2D eigenvalue weighted by molar-refractivity contribution is 0.462. The second-order valence-electron chi connectivity index (χ2n) is 4.43. The lowest BCUT2D eigenvalue weighted by atomic mass is 9.91. The zero-order chi connectivity index (χ0) is 11.0. The van der Waals surface area contributed by atoms with E-state index in [1.54, 1.807) is 6.33 Å². The van der Waals surface area contributed by atoms with Crippen LogP contribution in [0.15, 0.2) is 18.6 Å². The van der Waals surface area contributed by atoms with Crippen LogP contribution in [0.2, 0.25) is 0 Å². The number of hydrogen-bond acceptors (Lipinski definition) is 3. The van der Waals surface area contributed by atoms with Crippen LogP contribution in [0.5, 0.6) is 0 Å². The highest BCUT2D eigenvalue weighted by Gasteiger charge is 2.19. The average Bonchev–Trinajstić information content (AvgIpc) is 2.75. The van der Waals surface area contributed by atoms with Gasteiger partial charge in [-0.3, -0.25) is 0 Å².